The van der Waals surface area contributed by atoms with Crippen LogP contribution in [0.15, 0.2) is 24.5 Å². The minimum Gasteiger partial charge on any atom is -0.348 e. The third-order valence-corrected chi connectivity index (χ3v) is 5.00. The van der Waals surface area contributed by atoms with Crippen molar-refractivity contribution in [2.24, 2.45) is 0 Å². The summed E-state index contributed by atoms with van der Waals surface area (Å²) in [7, 11) is -2.90. The maximum atomic E-state index is 11.9. The number of pyridine rings is 1. The Balaban J connectivity index is 1.81. The predicted molar refractivity (Wildman–Crippen MR) is 75.9 cm³/mol. The van der Waals surface area contributed by atoms with Crippen LogP contribution >= 0.6 is 0 Å². The SMILES string of the molecule is CC(NC(=O)CN1CCS(=O)(=O)CC1)c1ccncc1. The minimum absolute atomic E-state index is 0.0842. The van der Waals surface area contributed by atoms with Crippen LogP contribution in [0.3, 0.4) is 0 Å². The van der Waals surface area contributed by atoms with Crippen molar-refractivity contribution in [3.63, 3.8) is 0 Å². The third kappa shape index (κ3) is 4.28. The van der Waals surface area contributed by atoms with Crippen LogP contribution in [0.4, 0.5) is 0 Å². The van der Waals surface area contributed by atoms with Gasteiger partial charge in [-0.05, 0) is 24.6 Å². The van der Waals surface area contributed by atoms with Crippen LogP contribution in [0.2, 0.25) is 0 Å². The number of nitrogens with one attached hydrogen (secondary N) is 1. The Bertz CT molecular complexity index is 545. The Labute approximate surface area is 119 Å². The van der Waals surface area contributed by atoms with E-state index < -0.39 is 9.84 Å². The van der Waals surface area contributed by atoms with Gasteiger partial charge in [-0.2, -0.15) is 0 Å². The number of nitrogens with zero attached hydrogens (tertiary/aromatic N) is 2. The van der Waals surface area contributed by atoms with Gasteiger partial charge in [0.1, 0.15) is 0 Å². The van der Waals surface area contributed by atoms with E-state index in [1.54, 1.807) is 12.4 Å². The standard InChI is InChI=1S/C13H19N3O3S/c1-11(12-2-4-14-5-3-12)15-13(17)10-16-6-8-20(18,19)9-7-16/h2-5,11H,6-10H2,1H3,(H,15,17). The van der Waals surface area contributed by atoms with Crippen LogP contribution < -0.4 is 5.32 Å². The maximum Gasteiger partial charge on any atom is 0.234 e. The number of rotatable bonds is 4. The van der Waals surface area contributed by atoms with Crippen LogP contribution in [0.1, 0.15) is 18.5 Å². The molecule has 0 aliphatic carbocycles. The summed E-state index contributed by atoms with van der Waals surface area (Å²) in [6.07, 6.45) is 3.38. The number of carbonyl (C=O) groups excluding carboxylic acids is 1. The van der Waals surface area contributed by atoms with Crippen LogP contribution in [0.25, 0.3) is 0 Å². The van der Waals surface area contributed by atoms with Crippen molar-refractivity contribution < 1.29 is 13.2 Å². The average molecular weight is 297 g/mol. The molecule has 110 valence electrons. The second-order valence-corrected chi connectivity index (χ2v) is 7.30. The molecule has 1 aliphatic heterocycles. The van der Waals surface area contributed by atoms with Crippen molar-refractivity contribution in [2.75, 3.05) is 31.1 Å². The van der Waals surface area contributed by atoms with Gasteiger partial charge < -0.3 is 5.32 Å². The average Bonchev–Trinajstić information content (AvgIpc) is 2.42. The molecule has 1 atom stereocenters. The number of aromatic nitrogens is 1. The van der Waals surface area contributed by atoms with Crippen molar-refractivity contribution in [1.82, 2.24) is 15.2 Å². The molecule has 0 spiro atoms. The Morgan fingerprint density at radius 3 is 2.55 bits per heavy atom. The van der Waals surface area contributed by atoms with E-state index in [1.165, 1.54) is 0 Å². The summed E-state index contributed by atoms with van der Waals surface area (Å²) in [5, 5.41) is 2.91. The zero-order valence-electron chi connectivity index (χ0n) is 11.4. The fraction of sp³-hybridized carbons (Fsp3) is 0.538. The second kappa shape index (κ2) is 6.32. The summed E-state index contributed by atoms with van der Waals surface area (Å²) in [6, 6.07) is 3.63. The topological polar surface area (TPSA) is 79.4 Å². The monoisotopic (exact) mass is 297 g/mol. The van der Waals surface area contributed by atoms with E-state index in [0.29, 0.717) is 13.1 Å². The lowest BCUT2D eigenvalue weighted by Gasteiger charge is -2.26. The molecule has 1 saturated heterocycles. The van der Waals surface area contributed by atoms with Crippen molar-refractivity contribution in [1.29, 1.82) is 0 Å². The Morgan fingerprint density at radius 1 is 1.35 bits per heavy atom. The molecule has 2 rings (SSSR count). The van der Waals surface area contributed by atoms with E-state index >= 15 is 0 Å². The zero-order chi connectivity index (χ0) is 14.6. The van der Waals surface area contributed by atoms with Gasteiger partial charge in [-0.3, -0.25) is 14.7 Å². The molecular weight excluding hydrogens is 278 g/mol. The molecule has 1 N–H and O–H groups in total. The van der Waals surface area contributed by atoms with Crippen molar-refractivity contribution in [3.8, 4) is 0 Å². The number of sulfone groups is 1. The Morgan fingerprint density at radius 2 is 1.95 bits per heavy atom. The molecule has 0 bridgehead atoms. The Kier molecular flexibility index (Phi) is 4.72. The highest BCUT2D eigenvalue weighted by molar-refractivity contribution is 7.91. The largest absolute Gasteiger partial charge is 0.348 e. The van der Waals surface area contributed by atoms with Gasteiger partial charge in [0.25, 0.3) is 0 Å². The maximum absolute atomic E-state index is 11.9. The summed E-state index contributed by atoms with van der Waals surface area (Å²) >= 11 is 0. The van der Waals surface area contributed by atoms with Gasteiger partial charge in [0.2, 0.25) is 5.91 Å². The summed E-state index contributed by atoms with van der Waals surface area (Å²) in [5.74, 6) is 0.189. The van der Waals surface area contributed by atoms with Crippen molar-refractivity contribution >= 4 is 15.7 Å². The molecule has 1 aliphatic rings. The predicted octanol–water partition coefficient (Wildman–Crippen LogP) is -0.0108. The molecule has 6 nitrogen and oxygen atoms in total. The lowest BCUT2D eigenvalue weighted by atomic mass is 10.1. The molecule has 0 aromatic carbocycles. The van der Waals surface area contributed by atoms with Crippen LogP contribution in [-0.4, -0.2) is 55.3 Å². The minimum atomic E-state index is -2.90. The highest BCUT2D eigenvalue weighted by Gasteiger charge is 2.23. The summed E-state index contributed by atoms with van der Waals surface area (Å²) in [5.41, 5.74) is 0.995. The first-order valence-corrected chi connectivity index (χ1v) is 8.40. The van der Waals surface area contributed by atoms with Crippen molar-refractivity contribution in [2.45, 2.75) is 13.0 Å². The molecule has 1 amide bonds. The molecule has 20 heavy (non-hydrogen) atoms. The molecule has 1 aromatic heterocycles. The van der Waals surface area contributed by atoms with Gasteiger partial charge in [0.05, 0.1) is 24.1 Å². The molecule has 1 fully saturated rings. The first-order valence-electron chi connectivity index (χ1n) is 6.58. The van der Waals surface area contributed by atoms with Crippen molar-refractivity contribution in [3.05, 3.63) is 30.1 Å². The lowest BCUT2D eigenvalue weighted by molar-refractivity contribution is -0.122. The molecule has 1 unspecified atom stereocenters. The van der Waals surface area contributed by atoms with Crippen LogP contribution in [-0.2, 0) is 14.6 Å². The summed E-state index contributed by atoms with van der Waals surface area (Å²) < 4.78 is 22.6. The molecule has 0 radical (unpaired) electrons. The molecule has 1 aromatic rings. The number of amides is 1. The molecule has 0 saturated carbocycles. The summed E-state index contributed by atoms with van der Waals surface area (Å²) in [6.45, 7) is 3.01. The molecule has 7 heteroatoms. The number of carbonyl (C=O) groups is 1. The normalized spacial score (nSPS) is 20.2. The fourth-order valence-corrected chi connectivity index (χ4v) is 3.41. The first-order chi connectivity index (χ1) is 9.46. The van der Waals surface area contributed by atoms with E-state index in [9.17, 15) is 13.2 Å². The quantitative estimate of drug-likeness (QED) is 0.845. The molecule has 2 heterocycles. The third-order valence-electron chi connectivity index (χ3n) is 3.39. The van der Waals surface area contributed by atoms with E-state index in [1.807, 2.05) is 24.0 Å². The number of hydrogen-bond acceptors (Lipinski definition) is 5. The van der Waals surface area contributed by atoms with E-state index in [2.05, 4.69) is 10.3 Å². The first kappa shape index (κ1) is 14.9. The summed E-state index contributed by atoms with van der Waals surface area (Å²) in [4.78, 5) is 17.7. The van der Waals surface area contributed by atoms with Gasteiger partial charge >= 0.3 is 0 Å². The van der Waals surface area contributed by atoms with E-state index in [-0.39, 0.29) is 30.0 Å². The van der Waals surface area contributed by atoms with Crippen LogP contribution in [0, 0.1) is 0 Å². The van der Waals surface area contributed by atoms with Gasteiger partial charge in [0, 0.05) is 25.5 Å². The molecular formula is C13H19N3O3S. The van der Waals surface area contributed by atoms with Crippen LogP contribution in [0.5, 0.6) is 0 Å². The smallest absolute Gasteiger partial charge is 0.234 e. The van der Waals surface area contributed by atoms with Gasteiger partial charge in [-0.15, -0.1) is 0 Å². The van der Waals surface area contributed by atoms with E-state index in [0.717, 1.165) is 5.56 Å². The van der Waals surface area contributed by atoms with Gasteiger partial charge in [0.15, 0.2) is 9.84 Å². The van der Waals surface area contributed by atoms with E-state index in [4.69, 9.17) is 0 Å². The number of hydrogen-bond donors (Lipinski definition) is 1. The fourth-order valence-electron chi connectivity index (χ4n) is 2.13. The lowest BCUT2D eigenvalue weighted by Crippen LogP contribution is -2.45. The highest BCUT2D eigenvalue weighted by Crippen LogP contribution is 2.10. The second-order valence-electron chi connectivity index (χ2n) is 5.00. The zero-order valence-corrected chi connectivity index (χ0v) is 12.3. The van der Waals surface area contributed by atoms with Gasteiger partial charge in [-0.25, -0.2) is 8.42 Å². The van der Waals surface area contributed by atoms with Gasteiger partial charge in [-0.1, -0.05) is 0 Å². The highest BCUT2D eigenvalue weighted by atomic mass is 32.2. The Hall–Kier alpha value is -1.47.